The largest absolute Gasteiger partial charge is 0.468 e. The fraction of sp³-hybridized carbons (Fsp3) is 0.545. The normalized spacial score (nSPS) is 19.3. The Hall–Kier alpha value is -2.74. The average Bonchev–Trinajstić information content (AvgIpc) is 3.32. The summed E-state index contributed by atoms with van der Waals surface area (Å²) in [5, 5.41) is 6.90. The molecule has 3 heterocycles. The molecule has 2 aromatic heterocycles. The Kier molecular flexibility index (Phi) is 6.13. The van der Waals surface area contributed by atoms with Crippen LogP contribution in [0.5, 0.6) is 0 Å². The smallest absolute Gasteiger partial charge is 0.322 e. The van der Waals surface area contributed by atoms with Gasteiger partial charge in [0.1, 0.15) is 17.6 Å². The van der Waals surface area contributed by atoms with Gasteiger partial charge in [0.05, 0.1) is 12.8 Å². The number of rotatable bonds is 6. The second kappa shape index (κ2) is 8.95. The highest BCUT2D eigenvalue weighted by Gasteiger charge is 2.43. The minimum Gasteiger partial charge on any atom is -0.468 e. The number of nitrogens with one attached hydrogen (secondary N) is 2. The first-order valence-corrected chi connectivity index (χ1v) is 10.7. The van der Waals surface area contributed by atoms with Gasteiger partial charge in [0.2, 0.25) is 0 Å². The molecular weight excluding hydrogens is 380 g/mol. The molecule has 8 heteroatoms. The number of aromatic nitrogens is 3. The fourth-order valence-electron chi connectivity index (χ4n) is 4.44. The van der Waals surface area contributed by atoms with Crippen molar-refractivity contribution >= 4 is 17.5 Å². The number of ether oxygens (including phenoxy) is 1. The van der Waals surface area contributed by atoms with Crippen LogP contribution in [-0.4, -0.2) is 60.3 Å². The van der Waals surface area contributed by atoms with Gasteiger partial charge in [-0.2, -0.15) is 0 Å². The lowest BCUT2D eigenvalue weighted by molar-refractivity contribution is -0.145. The van der Waals surface area contributed by atoms with Crippen LogP contribution in [0.3, 0.4) is 0 Å². The van der Waals surface area contributed by atoms with E-state index in [-0.39, 0.29) is 5.97 Å². The maximum absolute atomic E-state index is 13.1. The molecule has 160 valence electrons. The van der Waals surface area contributed by atoms with Gasteiger partial charge in [-0.25, -0.2) is 9.97 Å². The van der Waals surface area contributed by atoms with Crippen molar-refractivity contribution in [1.29, 1.82) is 0 Å². The van der Waals surface area contributed by atoms with Gasteiger partial charge in [-0.3, -0.25) is 9.78 Å². The molecule has 0 spiro atoms. The zero-order valence-corrected chi connectivity index (χ0v) is 17.7. The number of carbonyl (C=O) groups is 1. The molecule has 1 unspecified atom stereocenters. The van der Waals surface area contributed by atoms with E-state index < -0.39 is 5.41 Å². The van der Waals surface area contributed by atoms with Crippen LogP contribution in [0.1, 0.15) is 43.9 Å². The van der Waals surface area contributed by atoms with Gasteiger partial charge in [-0.1, -0.05) is 12.8 Å². The minimum atomic E-state index is -1.12. The number of pyridine rings is 1. The van der Waals surface area contributed by atoms with Crippen molar-refractivity contribution in [2.45, 2.75) is 44.1 Å². The first kappa shape index (κ1) is 20.5. The van der Waals surface area contributed by atoms with E-state index >= 15 is 0 Å². The summed E-state index contributed by atoms with van der Waals surface area (Å²) in [5.41, 5.74) is 1.25. The van der Waals surface area contributed by atoms with Gasteiger partial charge in [0, 0.05) is 55.9 Å². The Morgan fingerprint density at radius 1 is 1.27 bits per heavy atom. The highest BCUT2D eigenvalue weighted by atomic mass is 16.5. The summed E-state index contributed by atoms with van der Waals surface area (Å²) in [4.78, 5) is 28.8. The Morgan fingerprint density at radius 2 is 2.03 bits per heavy atom. The molecule has 2 aromatic rings. The molecule has 8 nitrogen and oxygen atoms in total. The SMILES string of the molecule is COC(=O)C(C)(c1cc(N2CCNCC2)ccn1)c1cncnc1NC1CCCC1. The zero-order chi connectivity index (χ0) is 21.0. The fourth-order valence-corrected chi connectivity index (χ4v) is 4.44. The van der Waals surface area contributed by atoms with Crippen LogP contribution >= 0.6 is 0 Å². The second-order valence-corrected chi connectivity index (χ2v) is 8.16. The van der Waals surface area contributed by atoms with Crippen LogP contribution in [0.2, 0.25) is 0 Å². The summed E-state index contributed by atoms with van der Waals surface area (Å²) in [5.74, 6) is 0.302. The first-order chi connectivity index (χ1) is 14.6. The van der Waals surface area contributed by atoms with E-state index in [4.69, 9.17) is 4.74 Å². The number of nitrogens with zero attached hydrogens (tertiary/aromatic N) is 4. The Bertz CT molecular complexity index is 879. The van der Waals surface area contributed by atoms with E-state index in [9.17, 15) is 4.79 Å². The molecule has 2 aliphatic rings. The van der Waals surface area contributed by atoms with Gasteiger partial charge >= 0.3 is 5.97 Å². The van der Waals surface area contributed by atoms with Crippen molar-refractivity contribution in [3.8, 4) is 0 Å². The van der Waals surface area contributed by atoms with E-state index in [0.717, 1.165) is 44.7 Å². The Morgan fingerprint density at radius 3 is 2.77 bits per heavy atom. The molecule has 0 bridgehead atoms. The van der Waals surface area contributed by atoms with Crippen LogP contribution in [-0.2, 0) is 14.9 Å². The quantitative estimate of drug-likeness (QED) is 0.700. The van der Waals surface area contributed by atoms with Gasteiger partial charge in [-0.15, -0.1) is 0 Å². The molecule has 1 aliphatic carbocycles. The molecular formula is C22H30N6O2. The van der Waals surface area contributed by atoms with Crippen molar-refractivity contribution < 1.29 is 9.53 Å². The summed E-state index contributed by atoms with van der Waals surface area (Å²) in [6, 6.07) is 4.35. The second-order valence-electron chi connectivity index (χ2n) is 8.16. The molecule has 0 amide bonds. The van der Waals surface area contributed by atoms with Crippen molar-refractivity contribution in [1.82, 2.24) is 20.3 Å². The number of hydrogen-bond acceptors (Lipinski definition) is 8. The van der Waals surface area contributed by atoms with Crippen LogP contribution in [0.4, 0.5) is 11.5 Å². The number of methoxy groups -OCH3 is 1. The predicted octanol–water partition coefficient (Wildman–Crippen LogP) is 2.11. The van der Waals surface area contributed by atoms with E-state index in [1.165, 1.54) is 26.3 Å². The van der Waals surface area contributed by atoms with Crippen molar-refractivity contribution in [2.75, 3.05) is 43.5 Å². The molecule has 30 heavy (non-hydrogen) atoms. The zero-order valence-electron chi connectivity index (χ0n) is 17.7. The summed E-state index contributed by atoms with van der Waals surface area (Å²) < 4.78 is 5.25. The van der Waals surface area contributed by atoms with Crippen LogP contribution < -0.4 is 15.5 Å². The monoisotopic (exact) mass is 410 g/mol. The van der Waals surface area contributed by atoms with E-state index in [1.807, 2.05) is 19.1 Å². The third kappa shape index (κ3) is 3.96. The van der Waals surface area contributed by atoms with E-state index in [1.54, 1.807) is 12.4 Å². The lowest BCUT2D eigenvalue weighted by Gasteiger charge is -2.32. The molecule has 1 saturated carbocycles. The lowest BCUT2D eigenvalue weighted by atomic mass is 9.79. The highest BCUT2D eigenvalue weighted by molar-refractivity contribution is 5.88. The van der Waals surface area contributed by atoms with Gasteiger partial charge < -0.3 is 20.3 Å². The number of esters is 1. The minimum absolute atomic E-state index is 0.362. The Labute approximate surface area is 177 Å². The van der Waals surface area contributed by atoms with Gasteiger partial charge in [0.25, 0.3) is 0 Å². The summed E-state index contributed by atoms with van der Waals surface area (Å²) in [7, 11) is 1.41. The van der Waals surface area contributed by atoms with Crippen molar-refractivity contribution in [2.24, 2.45) is 0 Å². The van der Waals surface area contributed by atoms with Crippen LogP contribution in [0, 0.1) is 0 Å². The molecule has 1 saturated heterocycles. The molecule has 2 N–H and O–H groups in total. The maximum Gasteiger partial charge on any atom is 0.322 e. The summed E-state index contributed by atoms with van der Waals surface area (Å²) in [6.07, 6.45) is 9.62. The molecule has 1 aliphatic heterocycles. The van der Waals surface area contributed by atoms with Crippen molar-refractivity contribution in [3.63, 3.8) is 0 Å². The lowest BCUT2D eigenvalue weighted by Crippen LogP contribution is -2.44. The number of piperazine rings is 1. The Balaban J connectivity index is 1.75. The number of hydrogen-bond donors (Lipinski definition) is 2. The topological polar surface area (TPSA) is 92.3 Å². The molecule has 0 radical (unpaired) electrons. The molecule has 1 atom stereocenters. The standard InChI is InChI=1S/C22H30N6O2/c1-22(21(29)30-2,18-14-24-15-26-20(18)27-16-5-3-4-6-16)19-13-17(7-8-25-19)28-11-9-23-10-12-28/h7-8,13-16,23H,3-6,9-12H2,1-2H3,(H,24,26,27). The third-order valence-corrected chi connectivity index (χ3v) is 6.28. The highest BCUT2D eigenvalue weighted by Crippen LogP contribution is 2.37. The third-order valence-electron chi connectivity index (χ3n) is 6.28. The summed E-state index contributed by atoms with van der Waals surface area (Å²) in [6.45, 7) is 5.56. The van der Waals surface area contributed by atoms with Gasteiger partial charge in [0.15, 0.2) is 0 Å². The van der Waals surface area contributed by atoms with E-state index in [0.29, 0.717) is 23.1 Å². The molecule has 2 fully saturated rings. The number of carbonyl (C=O) groups excluding carboxylic acids is 1. The predicted molar refractivity (Wildman–Crippen MR) is 116 cm³/mol. The number of anilines is 2. The average molecular weight is 411 g/mol. The van der Waals surface area contributed by atoms with Crippen LogP contribution in [0.15, 0.2) is 30.9 Å². The summed E-state index contributed by atoms with van der Waals surface area (Å²) >= 11 is 0. The van der Waals surface area contributed by atoms with E-state index in [2.05, 4.69) is 30.5 Å². The van der Waals surface area contributed by atoms with Crippen LogP contribution in [0.25, 0.3) is 0 Å². The maximum atomic E-state index is 13.1. The van der Waals surface area contributed by atoms with Crippen molar-refractivity contribution in [3.05, 3.63) is 42.1 Å². The first-order valence-electron chi connectivity index (χ1n) is 10.7. The molecule has 4 rings (SSSR count). The van der Waals surface area contributed by atoms with Gasteiger partial charge in [-0.05, 0) is 31.9 Å². The molecule has 0 aromatic carbocycles.